The fraction of sp³-hybridized carbons (Fsp3) is 0.448. The number of carbonyl (C=O) groups excluding carboxylic acids is 4. The van der Waals surface area contributed by atoms with Gasteiger partial charge in [0.2, 0.25) is 23.6 Å². The van der Waals surface area contributed by atoms with Crippen molar-refractivity contribution in [1.29, 1.82) is 0 Å². The summed E-state index contributed by atoms with van der Waals surface area (Å²) >= 11 is 11.7. The molecule has 2 aromatic rings. The Hall–Kier alpha value is -3.25. The lowest BCUT2D eigenvalue weighted by Gasteiger charge is -2.37. The van der Waals surface area contributed by atoms with Crippen LogP contribution in [0.15, 0.2) is 36.4 Å². The summed E-state index contributed by atoms with van der Waals surface area (Å²) in [6.45, 7) is 3.04. The Kier molecular flexibility index (Phi) is 10.8. The normalized spacial score (nSPS) is 17.8. The van der Waals surface area contributed by atoms with Crippen LogP contribution >= 0.6 is 23.2 Å². The van der Waals surface area contributed by atoms with E-state index >= 15 is 0 Å². The molecule has 10 nitrogen and oxygen atoms in total. The molecule has 42 heavy (non-hydrogen) atoms. The fourth-order valence-corrected chi connectivity index (χ4v) is 5.45. The van der Waals surface area contributed by atoms with Gasteiger partial charge in [-0.15, -0.1) is 0 Å². The molecule has 2 aliphatic rings. The molecule has 4 N–H and O–H groups in total. The highest BCUT2D eigenvalue weighted by Crippen LogP contribution is 2.30. The number of rotatable bonds is 9. The number of anilines is 1. The molecule has 0 aromatic heterocycles. The van der Waals surface area contributed by atoms with E-state index in [4.69, 9.17) is 28.9 Å². The lowest BCUT2D eigenvalue weighted by atomic mass is 9.92. The summed E-state index contributed by atoms with van der Waals surface area (Å²) in [5, 5.41) is 4.79. The van der Waals surface area contributed by atoms with Gasteiger partial charge in [-0.3, -0.25) is 19.2 Å². The first-order valence-electron chi connectivity index (χ1n) is 13.9. The maximum absolute atomic E-state index is 14.6. The molecule has 2 aliphatic heterocycles. The molecule has 0 bridgehead atoms. The molecule has 1 saturated heterocycles. The van der Waals surface area contributed by atoms with E-state index in [1.165, 1.54) is 17.0 Å². The Morgan fingerprint density at radius 3 is 2.36 bits per heavy atom. The monoisotopic (exact) mass is 620 g/mol. The number of nitrogens with two attached hydrogens (primary N) is 1. The van der Waals surface area contributed by atoms with E-state index in [1.807, 2.05) is 31.3 Å². The quantitative estimate of drug-likeness (QED) is 0.369. The first kappa shape index (κ1) is 31.7. The second-order valence-corrected chi connectivity index (χ2v) is 11.3. The Bertz CT molecular complexity index is 1340. The van der Waals surface area contributed by atoms with Crippen LogP contribution in [-0.2, 0) is 32.1 Å². The van der Waals surface area contributed by atoms with Crippen LogP contribution in [0.1, 0.15) is 30.4 Å². The van der Waals surface area contributed by atoms with E-state index in [1.54, 1.807) is 4.90 Å². The summed E-state index contributed by atoms with van der Waals surface area (Å²) in [6, 6.07) is 8.10. The standard InChI is InChI=1S/C29H35Cl2FN6O4/c1-36-12-14-37(15-13-36)24(39)8-9-25(40)38-17-19-5-3-2-4-18(19)16-23(38)29(42)35-22(10-11-33)28(41)34-21-7-6-20(30)26(31)27(21)32/h2-7,22-23H,8-17,33H2,1H3,(H,34,41)(H,35,42)/t22-,23-/m0/s1. The van der Waals surface area contributed by atoms with Crippen LogP contribution in [0, 0.1) is 5.82 Å². The summed E-state index contributed by atoms with van der Waals surface area (Å²) < 4.78 is 14.6. The van der Waals surface area contributed by atoms with Crippen LogP contribution in [0.4, 0.5) is 10.1 Å². The van der Waals surface area contributed by atoms with E-state index in [-0.39, 0.29) is 66.3 Å². The first-order chi connectivity index (χ1) is 20.1. The number of halogens is 3. The van der Waals surface area contributed by atoms with Gasteiger partial charge in [0.15, 0.2) is 5.82 Å². The predicted octanol–water partition coefficient (Wildman–Crippen LogP) is 2.41. The van der Waals surface area contributed by atoms with E-state index < -0.39 is 29.7 Å². The predicted molar refractivity (Wildman–Crippen MR) is 158 cm³/mol. The molecule has 2 atom stereocenters. The van der Waals surface area contributed by atoms with Crippen LogP contribution in [0.25, 0.3) is 0 Å². The van der Waals surface area contributed by atoms with Crippen LogP contribution in [0.3, 0.4) is 0 Å². The van der Waals surface area contributed by atoms with Gasteiger partial charge in [-0.25, -0.2) is 4.39 Å². The van der Waals surface area contributed by atoms with Crippen molar-refractivity contribution in [2.75, 3.05) is 45.1 Å². The molecular weight excluding hydrogens is 586 g/mol. The van der Waals surface area contributed by atoms with Crippen LogP contribution in [0.2, 0.25) is 10.0 Å². The molecule has 0 saturated carbocycles. The van der Waals surface area contributed by atoms with Gasteiger partial charge in [0.05, 0.1) is 15.7 Å². The van der Waals surface area contributed by atoms with Gasteiger partial charge < -0.3 is 31.1 Å². The van der Waals surface area contributed by atoms with Crippen LogP contribution < -0.4 is 16.4 Å². The molecule has 0 spiro atoms. The van der Waals surface area contributed by atoms with Crippen LogP contribution in [0.5, 0.6) is 0 Å². The van der Waals surface area contributed by atoms with Crippen molar-refractivity contribution in [2.45, 2.75) is 44.3 Å². The first-order valence-corrected chi connectivity index (χ1v) is 14.6. The van der Waals surface area contributed by atoms with Gasteiger partial charge in [-0.05, 0) is 43.3 Å². The van der Waals surface area contributed by atoms with Gasteiger partial charge in [-0.2, -0.15) is 0 Å². The van der Waals surface area contributed by atoms with Crippen molar-refractivity contribution in [3.63, 3.8) is 0 Å². The van der Waals surface area contributed by atoms with Crippen molar-refractivity contribution in [3.8, 4) is 0 Å². The number of nitrogens with one attached hydrogen (secondary N) is 2. The molecule has 1 fully saturated rings. The average molecular weight is 622 g/mol. The Labute approximate surface area is 254 Å². The topological polar surface area (TPSA) is 128 Å². The maximum atomic E-state index is 14.6. The number of benzene rings is 2. The smallest absolute Gasteiger partial charge is 0.247 e. The van der Waals surface area contributed by atoms with E-state index in [2.05, 4.69) is 15.5 Å². The highest BCUT2D eigenvalue weighted by atomic mass is 35.5. The van der Waals surface area contributed by atoms with Crippen molar-refractivity contribution < 1.29 is 23.6 Å². The van der Waals surface area contributed by atoms with Crippen molar-refractivity contribution >= 4 is 52.5 Å². The summed E-state index contributed by atoms with van der Waals surface area (Å²) in [5.41, 5.74) is 7.34. The molecule has 2 aromatic carbocycles. The maximum Gasteiger partial charge on any atom is 0.247 e. The lowest BCUT2D eigenvalue weighted by Crippen LogP contribution is -2.56. The lowest BCUT2D eigenvalue weighted by molar-refractivity contribution is -0.144. The third-order valence-corrected chi connectivity index (χ3v) is 8.44. The van der Waals surface area contributed by atoms with E-state index in [0.717, 1.165) is 24.2 Å². The number of hydrogen-bond acceptors (Lipinski definition) is 6. The molecule has 0 radical (unpaired) electrons. The summed E-state index contributed by atoms with van der Waals surface area (Å²) in [5.74, 6) is -2.57. The van der Waals surface area contributed by atoms with Gasteiger partial charge in [-0.1, -0.05) is 47.5 Å². The van der Waals surface area contributed by atoms with Crippen molar-refractivity contribution in [1.82, 2.24) is 20.0 Å². The SMILES string of the molecule is CN1CCN(C(=O)CCC(=O)N2Cc3ccccc3C[C@H]2C(=O)N[C@@H](CCN)C(=O)Nc2ccc(Cl)c(Cl)c2F)CC1. The zero-order valence-corrected chi connectivity index (χ0v) is 24.9. The minimum atomic E-state index is -1.11. The number of carbonyl (C=O) groups is 4. The van der Waals surface area contributed by atoms with Crippen LogP contribution in [-0.4, -0.2) is 90.2 Å². The molecule has 0 aliphatic carbocycles. The largest absolute Gasteiger partial charge is 0.342 e. The molecule has 0 unspecified atom stereocenters. The second-order valence-electron chi connectivity index (χ2n) is 10.5. The van der Waals surface area contributed by atoms with Gasteiger partial charge >= 0.3 is 0 Å². The number of piperazine rings is 1. The van der Waals surface area contributed by atoms with E-state index in [9.17, 15) is 23.6 Å². The Morgan fingerprint density at radius 1 is 1.00 bits per heavy atom. The summed E-state index contributed by atoms with van der Waals surface area (Å²) in [4.78, 5) is 58.3. The fourth-order valence-electron chi connectivity index (χ4n) is 5.14. The average Bonchev–Trinajstić information content (AvgIpc) is 2.99. The minimum Gasteiger partial charge on any atom is -0.342 e. The Balaban J connectivity index is 1.47. The zero-order chi connectivity index (χ0) is 30.4. The highest BCUT2D eigenvalue weighted by Gasteiger charge is 2.36. The molecule has 2 heterocycles. The third kappa shape index (κ3) is 7.57. The van der Waals surface area contributed by atoms with Crippen molar-refractivity contribution in [2.24, 2.45) is 5.73 Å². The van der Waals surface area contributed by atoms with E-state index in [0.29, 0.717) is 13.1 Å². The number of hydrogen-bond donors (Lipinski definition) is 3. The molecule has 13 heteroatoms. The number of amides is 4. The third-order valence-electron chi connectivity index (χ3n) is 7.66. The highest BCUT2D eigenvalue weighted by molar-refractivity contribution is 6.42. The number of nitrogens with zero attached hydrogens (tertiary/aromatic N) is 3. The number of fused-ring (bicyclic) bond motifs is 1. The summed E-state index contributed by atoms with van der Waals surface area (Å²) in [6.07, 6.45) is 0.304. The van der Waals surface area contributed by atoms with Crippen molar-refractivity contribution in [3.05, 3.63) is 63.4 Å². The minimum absolute atomic E-state index is 0.00783. The van der Waals surface area contributed by atoms with Gasteiger partial charge in [0, 0.05) is 52.0 Å². The molecule has 4 amide bonds. The molecule has 226 valence electrons. The molecule has 4 rings (SSSR count). The zero-order valence-electron chi connectivity index (χ0n) is 23.4. The van der Waals surface area contributed by atoms with Gasteiger partial charge in [0.1, 0.15) is 12.1 Å². The second kappa shape index (κ2) is 14.3. The van der Waals surface area contributed by atoms with Gasteiger partial charge in [0.25, 0.3) is 0 Å². The molecular formula is C29H35Cl2FN6O4. The number of likely N-dealkylation sites (N-methyl/N-ethyl adjacent to an activating group) is 1. The summed E-state index contributed by atoms with van der Waals surface area (Å²) in [7, 11) is 2.00. The Morgan fingerprint density at radius 2 is 1.67 bits per heavy atom.